The van der Waals surface area contributed by atoms with Crippen molar-refractivity contribution in [2.45, 2.75) is 66.2 Å². The Balaban J connectivity index is 4.11. The van der Waals surface area contributed by atoms with Crippen LogP contribution < -0.4 is 5.32 Å². The van der Waals surface area contributed by atoms with Crippen LogP contribution in [0, 0.1) is 5.92 Å². The van der Waals surface area contributed by atoms with Crippen LogP contribution in [0.3, 0.4) is 0 Å². The molecule has 0 aliphatic heterocycles. The lowest BCUT2D eigenvalue weighted by Gasteiger charge is -2.26. The molecule has 1 N–H and O–H groups in total. The molecule has 3 heteroatoms. The largest absolute Gasteiger partial charge is 0.459 e. The molecule has 0 spiro atoms. The lowest BCUT2D eigenvalue weighted by molar-refractivity contribution is -0.157. The van der Waals surface area contributed by atoms with Crippen molar-refractivity contribution in [3.63, 3.8) is 0 Å². The molecule has 0 rings (SSSR count). The van der Waals surface area contributed by atoms with Crippen LogP contribution in [0.1, 0.15) is 48.5 Å². The van der Waals surface area contributed by atoms with E-state index in [1.807, 2.05) is 27.7 Å². The molecule has 15 heavy (non-hydrogen) atoms. The van der Waals surface area contributed by atoms with Crippen LogP contribution in [0.25, 0.3) is 0 Å². The predicted octanol–water partition coefficient (Wildman–Crippen LogP) is 2.35. The van der Waals surface area contributed by atoms with Gasteiger partial charge < -0.3 is 10.1 Å². The molecule has 0 saturated carbocycles. The molecule has 1 unspecified atom stereocenters. The van der Waals surface area contributed by atoms with E-state index in [2.05, 4.69) is 26.1 Å². The van der Waals surface area contributed by atoms with E-state index >= 15 is 0 Å². The second-order valence-electron chi connectivity index (χ2n) is 5.45. The topological polar surface area (TPSA) is 38.3 Å². The van der Waals surface area contributed by atoms with Crippen molar-refractivity contribution in [1.82, 2.24) is 5.32 Å². The molecule has 0 aliphatic rings. The minimum atomic E-state index is -0.409. The average Bonchev–Trinajstić information content (AvgIpc) is 2.00. The Hall–Kier alpha value is -0.570. The number of ether oxygens (including phenoxy) is 1. The lowest BCUT2D eigenvalue weighted by atomic mass is 10.1. The summed E-state index contributed by atoms with van der Waals surface area (Å²) in [4.78, 5) is 11.6. The summed E-state index contributed by atoms with van der Waals surface area (Å²) in [6, 6.07) is 0.0640. The minimum Gasteiger partial charge on any atom is -0.459 e. The molecule has 0 aromatic rings. The normalized spacial score (nSPS) is 16.3. The van der Waals surface area contributed by atoms with E-state index in [4.69, 9.17) is 4.74 Å². The Morgan fingerprint density at radius 2 is 1.60 bits per heavy atom. The molecule has 0 saturated heterocycles. The third-order valence-corrected chi connectivity index (χ3v) is 2.27. The van der Waals surface area contributed by atoms with Crippen molar-refractivity contribution in [2.24, 2.45) is 5.92 Å². The molecule has 0 fully saturated rings. The first-order valence-corrected chi connectivity index (χ1v) is 5.62. The molecule has 0 bridgehead atoms. The first kappa shape index (κ1) is 14.4. The lowest BCUT2D eigenvalue weighted by Crippen LogP contribution is -2.44. The minimum absolute atomic E-state index is 0.185. The molecule has 90 valence electrons. The summed E-state index contributed by atoms with van der Waals surface area (Å²) in [6.07, 6.45) is 0. The Morgan fingerprint density at radius 1 is 1.13 bits per heavy atom. The second kappa shape index (κ2) is 5.50. The predicted molar refractivity (Wildman–Crippen MR) is 62.7 cm³/mol. The Kier molecular flexibility index (Phi) is 5.29. The Morgan fingerprint density at radius 3 is 1.93 bits per heavy atom. The van der Waals surface area contributed by atoms with E-state index in [-0.39, 0.29) is 12.0 Å². The highest BCUT2D eigenvalue weighted by molar-refractivity contribution is 5.75. The van der Waals surface area contributed by atoms with Crippen LogP contribution >= 0.6 is 0 Å². The molecule has 0 aromatic carbocycles. The molecule has 0 aliphatic carbocycles. The van der Waals surface area contributed by atoms with E-state index in [1.165, 1.54) is 0 Å². The highest BCUT2D eigenvalue weighted by atomic mass is 16.6. The Labute approximate surface area is 93.6 Å². The van der Waals surface area contributed by atoms with Gasteiger partial charge >= 0.3 is 5.97 Å². The molecule has 0 radical (unpaired) electrons. The van der Waals surface area contributed by atoms with Gasteiger partial charge in [0.1, 0.15) is 11.6 Å². The van der Waals surface area contributed by atoms with Gasteiger partial charge in [-0.1, -0.05) is 13.8 Å². The van der Waals surface area contributed by atoms with Crippen molar-refractivity contribution >= 4 is 5.97 Å². The maximum Gasteiger partial charge on any atom is 0.323 e. The van der Waals surface area contributed by atoms with Crippen molar-refractivity contribution in [3.8, 4) is 0 Å². The molecule has 0 amide bonds. The number of carbonyl (C=O) groups excluding carboxylic acids is 1. The first-order chi connectivity index (χ1) is 6.63. The summed E-state index contributed by atoms with van der Waals surface area (Å²) in [6.45, 7) is 13.8. The zero-order valence-electron chi connectivity index (χ0n) is 11.0. The number of esters is 1. The van der Waals surface area contributed by atoms with Crippen LogP contribution in [0.4, 0.5) is 0 Å². The fourth-order valence-electron chi connectivity index (χ4n) is 1.04. The second-order valence-corrected chi connectivity index (χ2v) is 5.45. The van der Waals surface area contributed by atoms with Crippen LogP contribution in [0.5, 0.6) is 0 Å². The van der Waals surface area contributed by atoms with Crippen molar-refractivity contribution in [2.75, 3.05) is 0 Å². The summed E-state index contributed by atoms with van der Waals surface area (Å²) in [5.74, 6) is 0.324. The zero-order chi connectivity index (χ0) is 12.2. The fourth-order valence-corrected chi connectivity index (χ4v) is 1.04. The van der Waals surface area contributed by atoms with Gasteiger partial charge in [-0.05, 0) is 40.5 Å². The van der Waals surface area contributed by atoms with Crippen molar-refractivity contribution in [3.05, 3.63) is 0 Å². The van der Waals surface area contributed by atoms with Gasteiger partial charge in [0, 0.05) is 6.04 Å². The summed E-state index contributed by atoms with van der Waals surface area (Å²) in [5, 5.41) is 3.23. The SMILES string of the molecule is CC(C)C(C)N[C@@H](C)C(=O)OC(C)(C)C. The third kappa shape index (κ3) is 6.50. The molecular formula is C12H25NO2. The van der Waals surface area contributed by atoms with Gasteiger partial charge in [0.05, 0.1) is 0 Å². The van der Waals surface area contributed by atoms with Crippen molar-refractivity contribution in [1.29, 1.82) is 0 Å². The number of hydrogen-bond donors (Lipinski definition) is 1. The summed E-state index contributed by atoms with van der Waals surface area (Å²) < 4.78 is 5.28. The summed E-state index contributed by atoms with van der Waals surface area (Å²) in [5.41, 5.74) is -0.409. The fraction of sp³-hybridized carbons (Fsp3) is 0.917. The number of rotatable bonds is 4. The van der Waals surface area contributed by atoms with Crippen molar-refractivity contribution < 1.29 is 9.53 Å². The van der Waals surface area contributed by atoms with Gasteiger partial charge in [0.25, 0.3) is 0 Å². The molecule has 3 nitrogen and oxygen atoms in total. The highest BCUT2D eigenvalue weighted by Gasteiger charge is 2.23. The molecule has 0 heterocycles. The smallest absolute Gasteiger partial charge is 0.323 e. The summed E-state index contributed by atoms with van der Waals surface area (Å²) >= 11 is 0. The van der Waals surface area contributed by atoms with E-state index in [0.29, 0.717) is 12.0 Å². The average molecular weight is 215 g/mol. The third-order valence-electron chi connectivity index (χ3n) is 2.27. The monoisotopic (exact) mass is 215 g/mol. The quantitative estimate of drug-likeness (QED) is 0.732. The standard InChI is InChI=1S/C12H25NO2/c1-8(2)9(3)13-10(4)11(14)15-12(5,6)7/h8-10,13H,1-7H3/t9?,10-/m0/s1. The van der Waals surface area contributed by atoms with Crippen LogP contribution in [-0.4, -0.2) is 23.7 Å². The van der Waals surface area contributed by atoms with Crippen LogP contribution in [0.2, 0.25) is 0 Å². The molecule has 2 atom stereocenters. The number of hydrogen-bond acceptors (Lipinski definition) is 3. The van der Waals surface area contributed by atoms with Gasteiger partial charge in [-0.2, -0.15) is 0 Å². The van der Waals surface area contributed by atoms with Gasteiger partial charge in [-0.3, -0.25) is 4.79 Å². The van der Waals surface area contributed by atoms with Gasteiger partial charge in [0.2, 0.25) is 0 Å². The van der Waals surface area contributed by atoms with Crippen LogP contribution in [-0.2, 0) is 9.53 Å². The van der Waals surface area contributed by atoms with E-state index in [0.717, 1.165) is 0 Å². The highest BCUT2D eigenvalue weighted by Crippen LogP contribution is 2.09. The maximum atomic E-state index is 11.6. The van der Waals surface area contributed by atoms with E-state index < -0.39 is 5.60 Å². The van der Waals surface area contributed by atoms with E-state index in [9.17, 15) is 4.79 Å². The Bertz CT molecular complexity index is 206. The first-order valence-electron chi connectivity index (χ1n) is 5.62. The molecular weight excluding hydrogens is 190 g/mol. The van der Waals surface area contributed by atoms with Gasteiger partial charge in [-0.25, -0.2) is 0 Å². The number of carbonyl (C=O) groups is 1. The van der Waals surface area contributed by atoms with Crippen LogP contribution in [0.15, 0.2) is 0 Å². The zero-order valence-corrected chi connectivity index (χ0v) is 11.0. The van der Waals surface area contributed by atoms with Gasteiger partial charge in [0.15, 0.2) is 0 Å². The molecule has 0 aromatic heterocycles. The maximum absolute atomic E-state index is 11.6. The number of nitrogens with one attached hydrogen (secondary N) is 1. The van der Waals surface area contributed by atoms with E-state index in [1.54, 1.807) is 0 Å². The van der Waals surface area contributed by atoms with Gasteiger partial charge in [-0.15, -0.1) is 0 Å². The summed E-state index contributed by atoms with van der Waals surface area (Å²) in [7, 11) is 0.